The smallest absolute Gasteiger partial charge is 0.465 e. The number of hydrogen-bond acceptors (Lipinski definition) is 7. The molecule has 30 heavy (non-hydrogen) atoms. The number of esters is 2. The highest BCUT2D eigenvalue weighted by Crippen LogP contribution is 2.23. The Morgan fingerprint density at radius 3 is 1.73 bits per heavy atom. The van der Waals surface area contributed by atoms with Crippen LogP contribution in [0.25, 0.3) is 0 Å². The van der Waals surface area contributed by atoms with E-state index in [4.69, 9.17) is 14.2 Å². The number of carbonyl (C=O) groups excluding carboxylic acids is 3. The van der Waals surface area contributed by atoms with Crippen LogP contribution in [0.1, 0.15) is 26.3 Å². The Labute approximate surface area is 172 Å². The van der Waals surface area contributed by atoms with E-state index in [0.717, 1.165) is 5.56 Å². The fourth-order valence-corrected chi connectivity index (χ4v) is 2.56. The Morgan fingerprint density at radius 2 is 1.17 bits per heavy atom. The molecule has 7 heteroatoms. The number of rotatable bonds is 6. The van der Waals surface area contributed by atoms with Crippen molar-refractivity contribution in [1.82, 2.24) is 0 Å². The average Bonchev–Trinajstić information content (AvgIpc) is 2.78. The summed E-state index contributed by atoms with van der Waals surface area (Å²) in [6.07, 6.45) is -1.12. The van der Waals surface area contributed by atoms with Gasteiger partial charge in [0.15, 0.2) is 0 Å². The summed E-state index contributed by atoms with van der Waals surface area (Å²) in [5, 5.41) is 0. The second-order valence-electron chi connectivity index (χ2n) is 6.00. The van der Waals surface area contributed by atoms with Gasteiger partial charge < -0.3 is 18.9 Å². The Morgan fingerprint density at radius 1 is 0.667 bits per heavy atom. The van der Waals surface area contributed by atoms with Crippen molar-refractivity contribution in [2.24, 2.45) is 0 Å². The SMILES string of the molecule is COC(=O)c1ccccc1OC(=O)Oc1ccccc1C(=O)OCc1ccccc1. The van der Waals surface area contributed by atoms with Gasteiger partial charge >= 0.3 is 18.1 Å². The molecule has 0 radical (unpaired) electrons. The lowest BCUT2D eigenvalue weighted by Gasteiger charge is -2.11. The molecule has 0 heterocycles. The van der Waals surface area contributed by atoms with Crippen LogP contribution in [0.3, 0.4) is 0 Å². The van der Waals surface area contributed by atoms with Gasteiger partial charge in [0.25, 0.3) is 0 Å². The predicted octanol–water partition coefficient (Wildman–Crippen LogP) is 4.41. The summed E-state index contributed by atoms with van der Waals surface area (Å²) in [6, 6.07) is 21.4. The third-order valence-corrected chi connectivity index (χ3v) is 4.00. The minimum atomic E-state index is -1.12. The summed E-state index contributed by atoms with van der Waals surface area (Å²) in [5.74, 6) is -1.38. The zero-order valence-electron chi connectivity index (χ0n) is 16.1. The lowest BCUT2D eigenvalue weighted by Crippen LogP contribution is -2.18. The molecule has 0 fully saturated rings. The van der Waals surface area contributed by atoms with Gasteiger partial charge in [-0.2, -0.15) is 0 Å². The van der Waals surface area contributed by atoms with Gasteiger partial charge in [0.1, 0.15) is 29.2 Å². The maximum absolute atomic E-state index is 12.4. The molecule has 3 rings (SSSR count). The van der Waals surface area contributed by atoms with Crippen molar-refractivity contribution < 1.29 is 33.3 Å². The minimum absolute atomic E-state index is 0.0292. The van der Waals surface area contributed by atoms with E-state index in [9.17, 15) is 14.4 Å². The Bertz CT molecular complexity index is 1040. The van der Waals surface area contributed by atoms with Crippen LogP contribution in [0.4, 0.5) is 4.79 Å². The summed E-state index contributed by atoms with van der Waals surface area (Å²) < 4.78 is 20.2. The molecule has 3 aromatic carbocycles. The third-order valence-electron chi connectivity index (χ3n) is 4.00. The van der Waals surface area contributed by atoms with E-state index >= 15 is 0 Å². The van der Waals surface area contributed by atoms with Gasteiger partial charge in [-0.25, -0.2) is 14.4 Å². The van der Waals surface area contributed by atoms with Crippen molar-refractivity contribution in [2.45, 2.75) is 6.61 Å². The van der Waals surface area contributed by atoms with Gasteiger partial charge in [0.2, 0.25) is 0 Å². The first-order valence-electron chi connectivity index (χ1n) is 8.95. The molecule has 0 amide bonds. The van der Waals surface area contributed by atoms with Gasteiger partial charge in [-0.3, -0.25) is 0 Å². The van der Waals surface area contributed by atoms with Crippen molar-refractivity contribution in [2.75, 3.05) is 7.11 Å². The molecular weight excluding hydrogens is 388 g/mol. The van der Waals surface area contributed by atoms with Crippen LogP contribution >= 0.6 is 0 Å². The molecule has 0 aliphatic rings. The fourth-order valence-electron chi connectivity index (χ4n) is 2.56. The largest absolute Gasteiger partial charge is 0.519 e. The van der Waals surface area contributed by atoms with Crippen molar-refractivity contribution in [3.8, 4) is 11.5 Å². The van der Waals surface area contributed by atoms with Crippen molar-refractivity contribution in [3.63, 3.8) is 0 Å². The van der Waals surface area contributed by atoms with Crippen molar-refractivity contribution in [3.05, 3.63) is 95.6 Å². The van der Waals surface area contributed by atoms with Crippen LogP contribution in [-0.2, 0) is 16.1 Å². The maximum atomic E-state index is 12.4. The molecule has 0 unspecified atom stereocenters. The van der Waals surface area contributed by atoms with Gasteiger partial charge in [-0.05, 0) is 29.8 Å². The van der Waals surface area contributed by atoms with Gasteiger partial charge in [0.05, 0.1) is 7.11 Å². The van der Waals surface area contributed by atoms with E-state index in [1.165, 1.54) is 31.4 Å². The summed E-state index contributed by atoms with van der Waals surface area (Å²) in [6.45, 7) is 0.0744. The predicted molar refractivity (Wildman–Crippen MR) is 106 cm³/mol. The highest BCUT2D eigenvalue weighted by atomic mass is 16.7. The van der Waals surface area contributed by atoms with E-state index in [1.807, 2.05) is 30.3 Å². The molecule has 0 aromatic heterocycles. The van der Waals surface area contributed by atoms with Gasteiger partial charge in [-0.15, -0.1) is 0 Å². The number of benzene rings is 3. The number of carbonyl (C=O) groups is 3. The fraction of sp³-hybridized carbons (Fsp3) is 0.0870. The van der Waals surface area contributed by atoms with E-state index in [-0.39, 0.29) is 29.2 Å². The molecule has 0 aliphatic carbocycles. The molecule has 3 aromatic rings. The average molecular weight is 406 g/mol. The van der Waals surface area contributed by atoms with E-state index in [1.54, 1.807) is 24.3 Å². The van der Waals surface area contributed by atoms with Crippen molar-refractivity contribution >= 4 is 18.1 Å². The highest BCUT2D eigenvalue weighted by molar-refractivity contribution is 5.94. The molecule has 0 saturated heterocycles. The number of ether oxygens (including phenoxy) is 4. The first-order valence-corrected chi connectivity index (χ1v) is 8.95. The molecule has 0 spiro atoms. The molecule has 7 nitrogen and oxygen atoms in total. The van der Waals surface area contributed by atoms with Gasteiger partial charge in [0, 0.05) is 0 Å². The first-order chi connectivity index (χ1) is 14.6. The number of methoxy groups -OCH3 is 1. The first kappa shape index (κ1) is 20.6. The summed E-state index contributed by atoms with van der Waals surface area (Å²) in [5.41, 5.74) is 0.946. The van der Waals surface area contributed by atoms with Crippen molar-refractivity contribution in [1.29, 1.82) is 0 Å². The lowest BCUT2D eigenvalue weighted by molar-refractivity contribution is 0.0468. The normalized spacial score (nSPS) is 10.0. The summed E-state index contributed by atoms with van der Waals surface area (Å²) in [7, 11) is 1.22. The van der Waals surface area contributed by atoms with E-state index in [0.29, 0.717) is 0 Å². The van der Waals surface area contributed by atoms with Crippen LogP contribution in [0.2, 0.25) is 0 Å². The molecule has 0 bridgehead atoms. The zero-order chi connectivity index (χ0) is 21.3. The van der Waals surface area contributed by atoms with Crippen LogP contribution < -0.4 is 9.47 Å². The second-order valence-corrected chi connectivity index (χ2v) is 6.00. The molecule has 0 N–H and O–H groups in total. The molecular formula is C23H18O7. The Balaban J connectivity index is 1.70. The van der Waals surface area contributed by atoms with E-state index < -0.39 is 18.1 Å². The third kappa shape index (κ3) is 5.23. The lowest BCUT2D eigenvalue weighted by atomic mass is 10.2. The standard InChI is InChI=1S/C23H18O7/c1-27-21(24)17-11-5-7-13-19(17)29-23(26)30-20-14-8-6-12-18(20)22(25)28-15-16-9-3-2-4-10-16/h2-14H,15H2,1H3. The highest BCUT2D eigenvalue weighted by Gasteiger charge is 2.20. The maximum Gasteiger partial charge on any atom is 0.519 e. The van der Waals surface area contributed by atoms with Gasteiger partial charge in [-0.1, -0.05) is 54.6 Å². The molecule has 152 valence electrons. The molecule has 0 atom stereocenters. The van der Waals surface area contributed by atoms with Crippen LogP contribution in [-0.4, -0.2) is 25.2 Å². The topological polar surface area (TPSA) is 88.1 Å². The Hall–Kier alpha value is -4.13. The number of para-hydroxylation sites is 2. The van der Waals surface area contributed by atoms with Crippen LogP contribution in [0, 0.1) is 0 Å². The van der Waals surface area contributed by atoms with Crippen LogP contribution in [0.5, 0.6) is 11.5 Å². The van der Waals surface area contributed by atoms with Crippen LogP contribution in [0.15, 0.2) is 78.9 Å². The number of hydrogen-bond donors (Lipinski definition) is 0. The molecule has 0 saturated carbocycles. The monoisotopic (exact) mass is 406 g/mol. The Kier molecular flexibility index (Phi) is 6.78. The minimum Gasteiger partial charge on any atom is -0.465 e. The van der Waals surface area contributed by atoms with E-state index in [2.05, 4.69) is 4.74 Å². The summed E-state index contributed by atoms with van der Waals surface area (Å²) in [4.78, 5) is 36.5. The summed E-state index contributed by atoms with van der Waals surface area (Å²) >= 11 is 0. The quantitative estimate of drug-likeness (QED) is 0.443. The molecule has 0 aliphatic heterocycles. The zero-order valence-corrected chi connectivity index (χ0v) is 16.1. The second kappa shape index (κ2) is 9.88.